The summed E-state index contributed by atoms with van der Waals surface area (Å²) < 4.78 is 0. The third-order valence-electron chi connectivity index (χ3n) is 5.35. The zero-order valence-corrected chi connectivity index (χ0v) is 17.5. The van der Waals surface area contributed by atoms with E-state index >= 15 is 0 Å². The number of hydrogen-bond donors (Lipinski definition) is 1. The van der Waals surface area contributed by atoms with Gasteiger partial charge in [0.15, 0.2) is 0 Å². The summed E-state index contributed by atoms with van der Waals surface area (Å²) in [5.41, 5.74) is 3.38. The molecule has 0 unspecified atom stereocenters. The van der Waals surface area contributed by atoms with E-state index in [-0.39, 0.29) is 11.8 Å². The molecule has 1 atom stereocenters. The van der Waals surface area contributed by atoms with Crippen molar-refractivity contribution in [3.63, 3.8) is 0 Å². The monoisotopic (exact) mass is 429 g/mol. The average molecular weight is 430 g/mol. The van der Waals surface area contributed by atoms with E-state index in [2.05, 4.69) is 11.4 Å². The number of halogens is 1. The number of nitrogens with zero attached hydrogens (tertiary/aromatic N) is 2. The first kappa shape index (κ1) is 20.6. The zero-order chi connectivity index (χ0) is 21.8. The van der Waals surface area contributed by atoms with E-state index in [9.17, 15) is 14.9 Å². The Hall–Kier alpha value is -3.62. The fraction of sp³-hybridized carbons (Fsp3) is 0.160. The van der Waals surface area contributed by atoms with Gasteiger partial charge in [0.2, 0.25) is 5.91 Å². The van der Waals surface area contributed by atoms with Crippen LogP contribution in [0.15, 0.2) is 72.8 Å². The van der Waals surface area contributed by atoms with E-state index in [4.69, 9.17) is 11.6 Å². The van der Waals surface area contributed by atoms with Crippen molar-refractivity contribution in [1.29, 1.82) is 5.26 Å². The number of rotatable bonds is 5. The molecule has 1 aliphatic rings. The van der Waals surface area contributed by atoms with Crippen LogP contribution in [0.5, 0.6) is 0 Å². The Labute approximate surface area is 185 Å². The van der Waals surface area contributed by atoms with Crippen molar-refractivity contribution in [2.45, 2.75) is 18.8 Å². The lowest BCUT2D eigenvalue weighted by atomic mass is 9.92. The minimum atomic E-state index is -0.487. The van der Waals surface area contributed by atoms with Gasteiger partial charge in [0, 0.05) is 34.9 Å². The Morgan fingerprint density at radius 1 is 1.06 bits per heavy atom. The van der Waals surface area contributed by atoms with Gasteiger partial charge in [-0.2, -0.15) is 5.26 Å². The van der Waals surface area contributed by atoms with E-state index in [0.717, 1.165) is 17.7 Å². The fourth-order valence-corrected chi connectivity index (χ4v) is 4.01. The molecule has 3 aromatic rings. The molecule has 31 heavy (non-hydrogen) atoms. The van der Waals surface area contributed by atoms with Crippen molar-refractivity contribution in [2.24, 2.45) is 0 Å². The van der Waals surface area contributed by atoms with Gasteiger partial charge in [0.05, 0.1) is 12.0 Å². The van der Waals surface area contributed by atoms with Crippen LogP contribution in [0.4, 0.5) is 11.4 Å². The van der Waals surface area contributed by atoms with Crippen LogP contribution in [-0.4, -0.2) is 18.4 Å². The van der Waals surface area contributed by atoms with Gasteiger partial charge >= 0.3 is 0 Å². The van der Waals surface area contributed by atoms with Gasteiger partial charge in [-0.1, -0.05) is 48.0 Å². The van der Waals surface area contributed by atoms with E-state index in [1.807, 2.05) is 30.3 Å². The molecule has 1 heterocycles. The number of hydrogen-bond acceptors (Lipinski definition) is 3. The number of anilines is 2. The molecule has 0 aliphatic carbocycles. The Kier molecular flexibility index (Phi) is 6.01. The third-order valence-corrected chi connectivity index (χ3v) is 5.67. The number of carbonyl (C=O) groups excluding carboxylic acids is 2. The third kappa shape index (κ3) is 4.45. The number of nitrogens with one attached hydrogen (secondary N) is 1. The number of nitriles is 1. The molecule has 0 spiro atoms. The lowest BCUT2D eigenvalue weighted by Gasteiger charge is -2.16. The van der Waals surface area contributed by atoms with Crippen LogP contribution in [0, 0.1) is 11.3 Å². The summed E-state index contributed by atoms with van der Waals surface area (Å²) in [5.74, 6) is -0.652. The maximum absolute atomic E-state index is 12.6. The van der Waals surface area contributed by atoms with Gasteiger partial charge in [0.1, 0.15) is 0 Å². The SMILES string of the molecule is N#C[C@H](c1ccccc1)c1ccc(NC(=O)c2ccc(N3CCCC3=O)cc2)cc1Cl. The predicted molar refractivity (Wildman–Crippen MR) is 121 cm³/mol. The van der Waals surface area contributed by atoms with Crippen molar-refractivity contribution in [1.82, 2.24) is 0 Å². The first-order chi connectivity index (χ1) is 15.1. The van der Waals surface area contributed by atoms with E-state index < -0.39 is 5.92 Å². The first-order valence-electron chi connectivity index (χ1n) is 10.0. The summed E-state index contributed by atoms with van der Waals surface area (Å²) in [5, 5.41) is 12.9. The van der Waals surface area contributed by atoms with Crippen LogP contribution in [0.1, 0.15) is 40.2 Å². The number of amides is 2. The molecule has 1 fully saturated rings. The Balaban J connectivity index is 1.48. The van der Waals surface area contributed by atoms with E-state index in [0.29, 0.717) is 34.8 Å². The smallest absolute Gasteiger partial charge is 0.255 e. The molecule has 1 saturated heterocycles. The molecule has 6 heteroatoms. The predicted octanol–water partition coefficient (Wildman–Crippen LogP) is 5.37. The van der Waals surface area contributed by atoms with E-state index in [1.165, 1.54) is 0 Å². The van der Waals surface area contributed by atoms with Crippen LogP contribution in [0.2, 0.25) is 5.02 Å². The quantitative estimate of drug-likeness (QED) is 0.592. The summed E-state index contributed by atoms with van der Waals surface area (Å²) >= 11 is 6.45. The van der Waals surface area contributed by atoms with Gasteiger partial charge in [-0.25, -0.2) is 0 Å². The normalized spacial score (nSPS) is 14.2. The maximum atomic E-state index is 12.6. The van der Waals surface area contributed by atoms with Crippen molar-refractivity contribution >= 4 is 34.8 Å². The first-order valence-corrected chi connectivity index (χ1v) is 10.4. The lowest BCUT2D eigenvalue weighted by molar-refractivity contribution is -0.117. The largest absolute Gasteiger partial charge is 0.322 e. The topological polar surface area (TPSA) is 73.2 Å². The summed E-state index contributed by atoms with van der Waals surface area (Å²) in [6, 6.07) is 23.9. The zero-order valence-electron chi connectivity index (χ0n) is 16.7. The highest BCUT2D eigenvalue weighted by Gasteiger charge is 2.22. The van der Waals surface area contributed by atoms with E-state index in [1.54, 1.807) is 47.4 Å². The second-order valence-electron chi connectivity index (χ2n) is 7.36. The molecule has 0 saturated carbocycles. The summed E-state index contributed by atoms with van der Waals surface area (Å²) in [7, 11) is 0. The fourth-order valence-electron chi connectivity index (χ4n) is 3.73. The molecule has 1 aliphatic heterocycles. The van der Waals surface area contributed by atoms with Crippen LogP contribution in [0.3, 0.4) is 0 Å². The molecule has 3 aromatic carbocycles. The Morgan fingerprint density at radius 3 is 2.42 bits per heavy atom. The van der Waals surface area contributed by atoms with Crippen LogP contribution < -0.4 is 10.2 Å². The van der Waals surface area contributed by atoms with Gasteiger partial charge in [-0.05, 0) is 53.9 Å². The van der Waals surface area contributed by atoms with Crippen molar-refractivity contribution in [2.75, 3.05) is 16.8 Å². The molecular weight excluding hydrogens is 410 g/mol. The average Bonchev–Trinajstić information content (AvgIpc) is 3.22. The highest BCUT2D eigenvalue weighted by Crippen LogP contribution is 2.32. The van der Waals surface area contributed by atoms with Crippen molar-refractivity contribution < 1.29 is 9.59 Å². The van der Waals surface area contributed by atoms with Crippen molar-refractivity contribution in [3.8, 4) is 6.07 Å². The van der Waals surface area contributed by atoms with Gasteiger partial charge in [-0.3, -0.25) is 9.59 Å². The minimum Gasteiger partial charge on any atom is -0.322 e. The molecule has 4 rings (SSSR count). The highest BCUT2D eigenvalue weighted by molar-refractivity contribution is 6.32. The van der Waals surface area contributed by atoms with Crippen LogP contribution in [0.25, 0.3) is 0 Å². The molecule has 2 amide bonds. The Bertz CT molecular complexity index is 1150. The molecule has 0 radical (unpaired) electrons. The summed E-state index contributed by atoms with van der Waals surface area (Å²) in [4.78, 5) is 26.2. The summed E-state index contributed by atoms with van der Waals surface area (Å²) in [6.45, 7) is 0.710. The second kappa shape index (κ2) is 9.03. The highest BCUT2D eigenvalue weighted by atomic mass is 35.5. The Morgan fingerprint density at radius 2 is 1.81 bits per heavy atom. The lowest BCUT2D eigenvalue weighted by Crippen LogP contribution is -2.23. The molecular formula is C25H20ClN3O2. The maximum Gasteiger partial charge on any atom is 0.255 e. The number of benzene rings is 3. The van der Waals surface area contributed by atoms with Gasteiger partial charge in [0.25, 0.3) is 5.91 Å². The molecule has 0 bridgehead atoms. The summed E-state index contributed by atoms with van der Waals surface area (Å²) in [6.07, 6.45) is 1.42. The van der Waals surface area contributed by atoms with Crippen LogP contribution >= 0.6 is 11.6 Å². The molecule has 5 nitrogen and oxygen atoms in total. The second-order valence-corrected chi connectivity index (χ2v) is 7.77. The number of carbonyl (C=O) groups is 2. The standard InChI is InChI=1S/C25H20ClN3O2/c26-23-15-19(10-13-21(23)22(16-27)17-5-2-1-3-6-17)28-25(31)18-8-11-20(12-9-18)29-14-4-7-24(29)30/h1-3,5-6,8-13,15,22H,4,7,14H2,(H,28,31)/t22-/m1/s1. The molecule has 0 aromatic heterocycles. The minimum absolute atomic E-state index is 0.109. The van der Waals surface area contributed by atoms with Crippen LogP contribution in [-0.2, 0) is 4.79 Å². The van der Waals surface area contributed by atoms with Gasteiger partial charge in [-0.15, -0.1) is 0 Å². The molecule has 154 valence electrons. The van der Waals surface area contributed by atoms with Gasteiger partial charge < -0.3 is 10.2 Å². The molecule has 1 N–H and O–H groups in total. The van der Waals surface area contributed by atoms with Crippen molar-refractivity contribution in [3.05, 3.63) is 94.5 Å².